The molecule has 0 aliphatic heterocycles. The number of rotatable bonds is 3. The van der Waals surface area contributed by atoms with Crippen LogP contribution in [0.1, 0.15) is 27.3 Å². The molecule has 1 N–H and O–H groups in total. The van der Waals surface area contributed by atoms with Gasteiger partial charge in [0.15, 0.2) is 0 Å². The normalized spacial score (nSPS) is 11.2. The van der Waals surface area contributed by atoms with Crippen LogP contribution in [0.25, 0.3) is 5.65 Å². The Kier molecular flexibility index (Phi) is 3.65. The highest BCUT2D eigenvalue weighted by Gasteiger charge is 2.15. The van der Waals surface area contributed by atoms with Crippen molar-refractivity contribution in [2.75, 3.05) is 0 Å². The molecule has 0 bridgehead atoms. The Bertz CT molecular complexity index is 852. The molecule has 3 rings (SSSR count). The maximum Gasteiger partial charge on any atom is 0.290 e. The average Bonchev–Trinajstić information content (AvgIpc) is 2.83. The van der Waals surface area contributed by atoms with Crippen molar-refractivity contribution < 1.29 is 4.79 Å². The molecule has 0 aliphatic rings. The quantitative estimate of drug-likeness (QED) is 0.594. The van der Waals surface area contributed by atoms with Gasteiger partial charge in [0.25, 0.3) is 5.91 Å². The number of amides is 1. The molecule has 0 saturated heterocycles. The summed E-state index contributed by atoms with van der Waals surface area (Å²) in [4.78, 5) is 20.7. The van der Waals surface area contributed by atoms with Crippen LogP contribution in [0.5, 0.6) is 0 Å². The van der Waals surface area contributed by atoms with Crippen LogP contribution in [0, 0.1) is 13.8 Å². The van der Waals surface area contributed by atoms with Crippen molar-refractivity contribution >= 4 is 17.8 Å². The molecule has 6 nitrogen and oxygen atoms in total. The average molecular weight is 293 g/mol. The predicted octanol–water partition coefficient (Wildman–Crippen LogP) is 2.11. The van der Waals surface area contributed by atoms with Gasteiger partial charge in [-0.15, -0.1) is 0 Å². The van der Waals surface area contributed by atoms with Gasteiger partial charge in [0.2, 0.25) is 0 Å². The number of aromatic nitrogens is 3. The Morgan fingerprint density at radius 3 is 2.95 bits per heavy atom. The van der Waals surface area contributed by atoms with Crippen LogP contribution in [0.15, 0.2) is 48.0 Å². The number of aryl methyl sites for hydroxylation is 2. The molecule has 3 aromatic heterocycles. The number of nitrogens with zero attached hydrogens (tertiary/aromatic N) is 4. The molecule has 0 radical (unpaired) electrons. The summed E-state index contributed by atoms with van der Waals surface area (Å²) in [5.41, 5.74) is 6.29. The van der Waals surface area contributed by atoms with Gasteiger partial charge in [-0.25, -0.2) is 10.4 Å². The van der Waals surface area contributed by atoms with Gasteiger partial charge in [0.1, 0.15) is 11.3 Å². The van der Waals surface area contributed by atoms with E-state index in [9.17, 15) is 4.79 Å². The van der Waals surface area contributed by atoms with Crippen LogP contribution < -0.4 is 5.43 Å². The number of imidazole rings is 1. The molecule has 3 heterocycles. The van der Waals surface area contributed by atoms with Crippen molar-refractivity contribution in [3.05, 3.63) is 65.4 Å². The molecular formula is C16H15N5O. The van der Waals surface area contributed by atoms with E-state index in [-0.39, 0.29) is 5.91 Å². The van der Waals surface area contributed by atoms with E-state index in [0.29, 0.717) is 11.4 Å². The summed E-state index contributed by atoms with van der Waals surface area (Å²) in [6.45, 7) is 3.78. The Balaban J connectivity index is 1.85. The Labute approximate surface area is 127 Å². The second kappa shape index (κ2) is 5.77. The van der Waals surface area contributed by atoms with Crippen LogP contribution in [-0.2, 0) is 0 Å². The molecule has 1 amide bonds. The van der Waals surface area contributed by atoms with Crippen LogP contribution in [0.2, 0.25) is 0 Å². The largest absolute Gasteiger partial charge is 0.295 e. The van der Waals surface area contributed by atoms with Crippen molar-refractivity contribution in [1.29, 1.82) is 0 Å². The van der Waals surface area contributed by atoms with E-state index in [1.165, 1.54) is 0 Å². The molecule has 3 aromatic rings. The summed E-state index contributed by atoms with van der Waals surface area (Å²) in [7, 11) is 0. The standard InChI is InChI=1S/C16H15N5O/c1-11-5-6-14-19-12(2)15(21(14)10-11)16(22)20-18-9-13-4-3-7-17-8-13/h3-10H,1-2H3,(H,20,22)/b18-9-. The third-order valence-corrected chi connectivity index (χ3v) is 3.22. The number of carbonyl (C=O) groups excluding carboxylic acids is 1. The lowest BCUT2D eigenvalue weighted by atomic mass is 10.3. The number of hydrazone groups is 1. The molecule has 0 atom stereocenters. The highest BCUT2D eigenvalue weighted by Crippen LogP contribution is 2.13. The fourth-order valence-electron chi connectivity index (χ4n) is 2.21. The zero-order chi connectivity index (χ0) is 15.5. The zero-order valence-corrected chi connectivity index (χ0v) is 12.3. The van der Waals surface area contributed by atoms with Gasteiger partial charge in [-0.05, 0) is 31.5 Å². The predicted molar refractivity (Wildman–Crippen MR) is 84.0 cm³/mol. The maximum absolute atomic E-state index is 12.3. The van der Waals surface area contributed by atoms with Crippen LogP contribution in [0.3, 0.4) is 0 Å². The second-order valence-electron chi connectivity index (χ2n) is 4.97. The maximum atomic E-state index is 12.3. The van der Waals surface area contributed by atoms with E-state index in [4.69, 9.17) is 0 Å². The summed E-state index contributed by atoms with van der Waals surface area (Å²) in [5.74, 6) is -0.296. The Hall–Kier alpha value is -3.02. The molecule has 0 unspecified atom stereocenters. The van der Waals surface area contributed by atoms with Gasteiger partial charge in [0.05, 0.1) is 11.9 Å². The van der Waals surface area contributed by atoms with Crippen molar-refractivity contribution in [3.8, 4) is 0 Å². The van der Waals surface area contributed by atoms with Crippen LogP contribution >= 0.6 is 0 Å². The minimum absolute atomic E-state index is 0.296. The number of hydrogen-bond acceptors (Lipinski definition) is 4. The van der Waals surface area contributed by atoms with Gasteiger partial charge < -0.3 is 0 Å². The molecule has 0 aromatic carbocycles. The van der Waals surface area contributed by atoms with E-state index >= 15 is 0 Å². The summed E-state index contributed by atoms with van der Waals surface area (Å²) in [5, 5.41) is 3.96. The molecule has 110 valence electrons. The number of fused-ring (bicyclic) bond motifs is 1. The molecule has 0 spiro atoms. The number of nitrogens with one attached hydrogen (secondary N) is 1. The van der Waals surface area contributed by atoms with Crippen LogP contribution in [-0.4, -0.2) is 26.5 Å². The van der Waals surface area contributed by atoms with E-state index in [2.05, 4.69) is 20.5 Å². The lowest BCUT2D eigenvalue weighted by Crippen LogP contribution is -2.20. The fraction of sp³-hybridized carbons (Fsp3) is 0.125. The number of hydrogen-bond donors (Lipinski definition) is 1. The lowest BCUT2D eigenvalue weighted by molar-refractivity contribution is 0.0948. The minimum Gasteiger partial charge on any atom is -0.295 e. The summed E-state index contributed by atoms with van der Waals surface area (Å²) in [6.07, 6.45) is 6.78. The Morgan fingerprint density at radius 1 is 1.32 bits per heavy atom. The number of pyridine rings is 2. The van der Waals surface area contributed by atoms with Crippen molar-refractivity contribution in [1.82, 2.24) is 19.8 Å². The first-order chi connectivity index (χ1) is 10.6. The third kappa shape index (κ3) is 2.71. The highest BCUT2D eigenvalue weighted by molar-refractivity contribution is 5.95. The van der Waals surface area contributed by atoms with Gasteiger partial charge in [-0.1, -0.05) is 12.1 Å². The molecule has 6 heteroatoms. The lowest BCUT2D eigenvalue weighted by Gasteiger charge is -2.02. The molecular weight excluding hydrogens is 278 g/mol. The second-order valence-corrected chi connectivity index (χ2v) is 4.97. The summed E-state index contributed by atoms with van der Waals surface area (Å²) < 4.78 is 1.78. The van der Waals surface area contributed by atoms with Crippen molar-refractivity contribution in [2.24, 2.45) is 5.10 Å². The van der Waals surface area contributed by atoms with Gasteiger partial charge in [0, 0.05) is 24.2 Å². The Morgan fingerprint density at radius 2 is 2.18 bits per heavy atom. The molecule has 0 fully saturated rings. The first-order valence-corrected chi connectivity index (χ1v) is 6.84. The van der Waals surface area contributed by atoms with Crippen LogP contribution in [0.4, 0.5) is 0 Å². The first kappa shape index (κ1) is 13.9. The fourth-order valence-corrected chi connectivity index (χ4v) is 2.21. The summed E-state index contributed by atoms with van der Waals surface area (Å²) in [6, 6.07) is 7.51. The summed E-state index contributed by atoms with van der Waals surface area (Å²) >= 11 is 0. The van der Waals surface area contributed by atoms with E-state index in [1.54, 1.807) is 29.1 Å². The molecule has 22 heavy (non-hydrogen) atoms. The SMILES string of the molecule is Cc1ccc2nc(C)c(C(=O)N/N=C\c3cccnc3)n2c1. The van der Waals surface area contributed by atoms with Gasteiger partial charge in [-0.3, -0.25) is 14.2 Å². The molecule has 0 saturated carbocycles. The minimum atomic E-state index is -0.296. The van der Waals surface area contributed by atoms with E-state index in [1.807, 2.05) is 38.2 Å². The third-order valence-electron chi connectivity index (χ3n) is 3.22. The zero-order valence-electron chi connectivity index (χ0n) is 12.3. The monoisotopic (exact) mass is 293 g/mol. The van der Waals surface area contributed by atoms with Gasteiger partial charge in [-0.2, -0.15) is 5.10 Å². The first-order valence-electron chi connectivity index (χ1n) is 6.84. The van der Waals surface area contributed by atoms with Gasteiger partial charge >= 0.3 is 0 Å². The van der Waals surface area contributed by atoms with E-state index in [0.717, 1.165) is 16.8 Å². The van der Waals surface area contributed by atoms with Crippen molar-refractivity contribution in [3.63, 3.8) is 0 Å². The number of carbonyl (C=O) groups is 1. The smallest absolute Gasteiger partial charge is 0.290 e. The molecule has 0 aliphatic carbocycles. The van der Waals surface area contributed by atoms with Crippen molar-refractivity contribution in [2.45, 2.75) is 13.8 Å². The topological polar surface area (TPSA) is 71.7 Å². The van der Waals surface area contributed by atoms with E-state index < -0.39 is 0 Å². The highest BCUT2D eigenvalue weighted by atomic mass is 16.2.